The van der Waals surface area contributed by atoms with Crippen molar-refractivity contribution in [2.24, 2.45) is 11.8 Å². The molecule has 12 heteroatoms. The van der Waals surface area contributed by atoms with Gasteiger partial charge in [-0.15, -0.1) is 5.10 Å². The third kappa shape index (κ3) is 6.20. The van der Waals surface area contributed by atoms with Crippen LogP contribution in [0, 0.1) is 11.8 Å². The quantitative estimate of drug-likeness (QED) is 0.517. The maximum atomic E-state index is 12.3. The molecular weight excluding hydrogens is 448 g/mol. The summed E-state index contributed by atoms with van der Waals surface area (Å²) in [6, 6.07) is 4.42. The maximum absolute atomic E-state index is 12.3. The molecule has 3 rings (SSSR count). The molecule has 1 saturated carbocycles. The number of nitrogens with zero attached hydrogens (tertiary/aromatic N) is 4. The van der Waals surface area contributed by atoms with Crippen LogP contribution in [-0.2, 0) is 26.1 Å². The minimum atomic E-state index is -3.55. The lowest BCUT2D eigenvalue weighted by molar-refractivity contribution is -0.149. The number of hydrogen-bond acceptors (Lipinski definition) is 7. The van der Waals surface area contributed by atoms with Crippen LogP contribution in [0.15, 0.2) is 23.1 Å². The predicted octanol–water partition coefficient (Wildman–Crippen LogP) is 1.35. The third-order valence-corrected chi connectivity index (χ3v) is 7.70. The molecule has 0 radical (unpaired) electrons. The van der Waals surface area contributed by atoms with Crippen LogP contribution < -0.4 is 10.6 Å². The molecule has 1 heterocycles. The van der Waals surface area contributed by atoms with Gasteiger partial charge in [-0.1, -0.05) is 5.21 Å². The summed E-state index contributed by atoms with van der Waals surface area (Å²) < 4.78 is 32.4. The molecule has 0 bridgehead atoms. The second-order valence-corrected chi connectivity index (χ2v) is 10.5. The number of fused-ring (bicyclic) bond motifs is 1. The second-order valence-electron chi connectivity index (χ2n) is 8.36. The van der Waals surface area contributed by atoms with Gasteiger partial charge < -0.3 is 15.4 Å². The first kappa shape index (κ1) is 24.9. The van der Waals surface area contributed by atoms with E-state index in [2.05, 4.69) is 20.9 Å². The average molecular weight is 481 g/mol. The lowest BCUT2D eigenvalue weighted by Gasteiger charge is -2.27. The van der Waals surface area contributed by atoms with Crippen LogP contribution in [-0.4, -0.2) is 73.5 Å². The van der Waals surface area contributed by atoms with E-state index in [0.29, 0.717) is 43.2 Å². The van der Waals surface area contributed by atoms with Crippen molar-refractivity contribution in [3.8, 4) is 0 Å². The molecule has 1 aromatic heterocycles. The highest BCUT2D eigenvalue weighted by Gasteiger charge is 2.27. The standard InChI is InChI=1S/C21H32N6O5S/c1-4-32-20(28)16-7-5-15(6-8-16)14-23-21(29)22-11-12-27-19-10-9-17(13-18(19)24-25-27)33(30,31)26(2)3/h9-10,13,15-16H,4-8,11-12,14H2,1-3H3,(H2,22,23,29). The number of sulfonamides is 1. The smallest absolute Gasteiger partial charge is 0.314 e. The highest BCUT2D eigenvalue weighted by molar-refractivity contribution is 7.89. The molecule has 182 valence electrons. The molecule has 0 atom stereocenters. The van der Waals surface area contributed by atoms with Crippen molar-refractivity contribution >= 4 is 33.1 Å². The zero-order valence-electron chi connectivity index (χ0n) is 19.3. The Kier molecular flexibility index (Phi) is 8.25. The highest BCUT2D eigenvalue weighted by atomic mass is 32.2. The van der Waals surface area contributed by atoms with Crippen LogP contribution in [0.25, 0.3) is 11.0 Å². The molecule has 0 unspecified atom stereocenters. The number of esters is 1. The van der Waals surface area contributed by atoms with E-state index in [9.17, 15) is 18.0 Å². The molecule has 2 aromatic rings. The molecule has 2 N–H and O–H groups in total. The monoisotopic (exact) mass is 480 g/mol. The second kappa shape index (κ2) is 10.9. The van der Waals surface area contributed by atoms with Gasteiger partial charge >= 0.3 is 12.0 Å². The first-order valence-electron chi connectivity index (χ1n) is 11.2. The SMILES string of the molecule is CCOC(=O)C1CCC(CNC(=O)NCCn2nnc3cc(S(=O)(=O)N(C)C)ccc32)CC1. The van der Waals surface area contributed by atoms with E-state index < -0.39 is 10.0 Å². The molecule has 11 nitrogen and oxygen atoms in total. The van der Waals surface area contributed by atoms with Crippen molar-refractivity contribution in [1.29, 1.82) is 0 Å². The summed E-state index contributed by atoms with van der Waals surface area (Å²) in [5.74, 6) is 0.220. The van der Waals surface area contributed by atoms with Crippen molar-refractivity contribution in [3.05, 3.63) is 18.2 Å². The maximum Gasteiger partial charge on any atom is 0.314 e. The van der Waals surface area contributed by atoms with Crippen molar-refractivity contribution in [1.82, 2.24) is 29.9 Å². The van der Waals surface area contributed by atoms with Crippen LogP contribution in [0.1, 0.15) is 32.6 Å². The molecule has 1 aliphatic rings. The molecule has 0 spiro atoms. The van der Waals surface area contributed by atoms with Gasteiger partial charge in [-0.25, -0.2) is 22.2 Å². The van der Waals surface area contributed by atoms with Gasteiger partial charge in [0, 0.05) is 27.2 Å². The Morgan fingerprint density at radius 3 is 2.58 bits per heavy atom. The molecule has 0 saturated heterocycles. The zero-order valence-corrected chi connectivity index (χ0v) is 20.1. The number of ether oxygens (including phenoxy) is 1. The lowest BCUT2D eigenvalue weighted by Crippen LogP contribution is -2.40. The Hall–Kier alpha value is -2.73. The number of hydrogen-bond donors (Lipinski definition) is 2. The minimum absolute atomic E-state index is 0.0217. The Balaban J connectivity index is 1.42. The van der Waals surface area contributed by atoms with Gasteiger partial charge in [0.1, 0.15) is 5.52 Å². The van der Waals surface area contributed by atoms with Crippen LogP contribution in [0.3, 0.4) is 0 Å². The summed E-state index contributed by atoms with van der Waals surface area (Å²) >= 11 is 0. The highest BCUT2D eigenvalue weighted by Crippen LogP contribution is 2.29. The summed E-state index contributed by atoms with van der Waals surface area (Å²) in [5.41, 5.74) is 1.16. The molecular formula is C21H32N6O5S. The normalized spacial score (nSPS) is 18.9. The molecule has 1 aliphatic carbocycles. The van der Waals surface area contributed by atoms with Gasteiger partial charge in [0.2, 0.25) is 10.0 Å². The lowest BCUT2D eigenvalue weighted by atomic mass is 9.82. The zero-order chi connectivity index (χ0) is 24.0. The van der Waals surface area contributed by atoms with E-state index in [4.69, 9.17) is 4.74 Å². The van der Waals surface area contributed by atoms with Gasteiger partial charge in [-0.05, 0) is 56.7 Å². The number of amides is 2. The van der Waals surface area contributed by atoms with E-state index >= 15 is 0 Å². The van der Waals surface area contributed by atoms with Gasteiger partial charge in [0.15, 0.2) is 0 Å². The van der Waals surface area contributed by atoms with E-state index in [1.54, 1.807) is 10.7 Å². The molecule has 1 aromatic carbocycles. The summed E-state index contributed by atoms with van der Waals surface area (Å²) in [7, 11) is -0.597. The molecule has 0 aliphatic heterocycles. The Labute approximate surface area is 193 Å². The molecule has 33 heavy (non-hydrogen) atoms. The van der Waals surface area contributed by atoms with Crippen LogP contribution >= 0.6 is 0 Å². The van der Waals surface area contributed by atoms with Crippen molar-refractivity contribution in [2.45, 2.75) is 44.0 Å². The third-order valence-electron chi connectivity index (χ3n) is 5.89. The molecule has 2 amide bonds. The largest absolute Gasteiger partial charge is 0.466 e. The first-order chi connectivity index (χ1) is 15.7. The number of carbonyl (C=O) groups is 2. The van der Waals surface area contributed by atoms with Gasteiger partial charge in [0.25, 0.3) is 0 Å². The van der Waals surface area contributed by atoms with E-state index in [0.717, 1.165) is 30.0 Å². The number of rotatable bonds is 9. The fourth-order valence-electron chi connectivity index (χ4n) is 3.93. The van der Waals surface area contributed by atoms with Crippen LogP contribution in [0.5, 0.6) is 0 Å². The van der Waals surface area contributed by atoms with Crippen molar-refractivity contribution < 1.29 is 22.7 Å². The van der Waals surface area contributed by atoms with Gasteiger partial charge in [-0.3, -0.25) is 4.79 Å². The van der Waals surface area contributed by atoms with Crippen LogP contribution in [0.4, 0.5) is 4.79 Å². The first-order valence-corrected chi connectivity index (χ1v) is 12.6. The van der Waals surface area contributed by atoms with Crippen molar-refractivity contribution in [2.75, 3.05) is 33.8 Å². The van der Waals surface area contributed by atoms with Crippen LogP contribution in [0.2, 0.25) is 0 Å². The topological polar surface area (TPSA) is 136 Å². The summed E-state index contributed by atoms with van der Waals surface area (Å²) in [4.78, 5) is 24.1. The predicted molar refractivity (Wildman–Crippen MR) is 122 cm³/mol. The number of benzene rings is 1. The van der Waals surface area contributed by atoms with E-state index in [1.165, 1.54) is 26.2 Å². The molecule has 1 fully saturated rings. The minimum Gasteiger partial charge on any atom is -0.466 e. The van der Waals surface area contributed by atoms with E-state index in [1.807, 2.05) is 6.92 Å². The van der Waals surface area contributed by atoms with Crippen molar-refractivity contribution in [3.63, 3.8) is 0 Å². The summed E-state index contributed by atoms with van der Waals surface area (Å²) in [6.45, 7) is 3.53. The number of urea groups is 1. The Morgan fingerprint density at radius 2 is 1.91 bits per heavy atom. The Bertz CT molecular complexity index is 1080. The fourth-order valence-corrected chi connectivity index (χ4v) is 4.85. The number of nitrogens with one attached hydrogen (secondary N) is 2. The van der Waals surface area contributed by atoms with E-state index in [-0.39, 0.29) is 22.8 Å². The average Bonchev–Trinajstić information content (AvgIpc) is 3.20. The summed E-state index contributed by atoms with van der Waals surface area (Å²) in [5, 5.41) is 13.8. The Morgan fingerprint density at radius 1 is 1.18 bits per heavy atom. The summed E-state index contributed by atoms with van der Waals surface area (Å²) in [6.07, 6.45) is 3.37. The number of carbonyl (C=O) groups excluding carboxylic acids is 2. The van der Waals surface area contributed by atoms with Gasteiger partial charge in [-0.2, -0.15) is 0 Å². The fraction of sp³-hybridized carbons (Fsp3) is 0.619. The number of aromatic nitrogens is 3. The van der Waals surface area contributed by atoms with Gasteiger partial charge in [0.05, 0.1) is 29.5 Å².